The summed E-state index contributed by atoms with van der Waals surface area (Å²) in [6, 6.07) is -2.10. The number of carbonyl (C=O) groups excluding carboxylic acids is 1. The molecular weight excluding hydrogens is 237 g/mol. The molecular formula is C10H17F3N2O2. The van der Waals surface area contributed by atoms with Crippen LogP contribution >= 0.6 is 0 Å². The Kier molecular flexibility index (Phi) is 4.76. The molecule has 1 atom stereocenters. The molecule has 2 N–H and O–H groups in total. The standard InChI is InChI=1S/C10H17F3N2O2/c1-17-6-9(16)15(7-2-3-7)8(4-5-14)10(11,12)13/h7-8H,2-6,14H2,1H3. The molecule has 0 aromatic rings. The SMILES string of the molecule is COCC(=O)N(C1CC1)C(CCN)C(F)(F)F. The number of nitrogens with two attached hydrogens (primary N) is 1. The molecule has 1 aliphatic rings. The van der Waals surface area contributed by atoms with Gasteiger partial charge in [0, 0.05) is 13.2 Å². The summed E-state index contributed by atoms with van der Waals surface area (Å²) < 4.78 is 43.2. The Balaban J connectivity index is 2.81. The van der Waals surface area contributed by atoms with Crippen LogP contribution in [0.2, 0.25) is 0 Å². The largest absolute Gasteiger partial charge is 0.408 e. The van der Waals surface area contributed by atoms with Gasteiger partial charge in [0.2, 0.25) is 5.91 Å². The van der Waals surface area contributed by atoms with E-state index in [1.807, 2.05) is 0 Å². The van der Waals surface area contributed by atoms with Crippen molar-refractivity contribution in [2.24, 2.45) is 5.73 Å². The van der Waals surface area contributed by atoms with Crippen LogP contribution < -0.4 is 5.73 Å². The normalized spacial score (nSPS) is 17.9. The fraction of sp³-hybridized carbons (Fsp3) is 0.900. The van der Waals surface area contributed by atoms with Crippen LogP contribution in [0.3, 0.4) is 0 Å². The first kappa shape index (κ1) is 14.2. The molecule has 0 saturated heterocycles. The number of rotatable bonds is 6. The van der Waals surface area contributed by atoms with Gasteiger partial charge in [0.1, 0.15) is 12.6 Å². The summed E-state index contributed by atoms with van der Waals surface area (Å²) in [5.74, 6) is -0.620. The molecule has 0 aliphatic heterocycles. The number of halogens is 3. The van der Waals surface area contributed by atoms with Crippen LogP contribution in [0.1, 0.15) is 19.3 Å². The van der Waals surface area contributed by atoms with Crippen molar-refractivity contribution >= 4 is 5.91 Å². The number of carbonyl (C=O) groups is 1. The quantitative estimate of drug-likeness (QED) is 0.766. The van der Waals surface area contributed by atoms with Crippen LogP contribution in [0, 0.1) is 0 Å². The summed E-state index contributed by atoms with van der Waals surface area (Å²) in [7, 11) is 1.29. The monoisotopic (exact) mass is 254 g/mol. The van der Waals surface area contributed by atoms with E-state index in [2.05, 4.69) is 4.74 Å². The molecule has 1 saturated carbocycles. The Morgan fingerprint density at radius 3 is 2.47 bits per heavy atom. The second kappa shape index (κ2) is 5.68. The van der Waals surface area contributed by atoms with Gasteiger partial charge in [-0.05, 0) is 25.8 Å². The maximum atomic E-state index is 12.9. The minimum Gasteiger partial charge on any atom is -0.375 e. The van der Waals surface area contributed by atoms with E-state index in [1.54, 1.807) is 0 Å². The minimum absolute atomic E-state index is 0.104. The third-order valence-corrected chi connectivity index (χ3v) is 2.65. The molecule has 1 rings (SSSR count). The van der Waals surface area contributed by atoms with Crippen molar-refractivity contribution in [2.45, 2.75) is 37.5 Å². The van der Waals surface area contributed by atoms with Crippen LogP contribution in [-0.2, 0) is 9.53 Å². The van der Waals surface area contributed by atoms with Gasteiger partial charge in [-0.2, -0.15) is 13.2 Å². The van der Waals surface area contributed by atoms with Crippen molar-refractivity contribution in [3.05, 3.63) is 0 Å². The number of ether oxygens (including phenoxy) is 1. The molecule has 1 amide bonds. The van der Waals surface area contributed by atoms with Crippen LogP contribution in [0.4, 0.5) is 13.2 Å². The molecule has 4 nitrogen and oxygen atoms in total. The highest BCUT2D eigenvalue weighted by molar-refractivity contribution is 5.78. The van der Waals surface area contributed by atoms with Gasteiger partial charge in [-0.15, -0.1) is 0 Å². The summed E-state index contributed by atoms with van der Waals surface area (Å²) in [4.78, 5) is 12.5. The Bertz CT molecular complexity index is 267. The van der Waals surface area contributed by atoms with E-state index in [4.69, 9.17) is 5.73 Å². The zero-order chi connectivity index (χ0) is 13.1. The van der Waals surface area contributed by atoms with Gasteiger partial charge in [0.25, 0.3) is 0 Å². The lowest BCUT2D eigenvalue weighted by Gasteiger charge is -2.33. The van der Waals surface area contributed by atoms with Gasteiger partial charge in [-0.1, -0.05) is 0 Å². The van der Waals surface area contributed by atoms with Gasteiger partial charge in [0.15, 0.2) is 0 Å². The van der Waals surface area contributed by atoms with Crippen molar-refractivity contribution in [3.8, 4) is 0 Å². The molecule has 100 valence electrons. The predicted molar refractivity (Wildman–Crippen MR) is 55.3 cm³/mol. The average Bonchev–Trinajstić information content (AvgIpc) is 3.00. The highest BCUT2D eigenvalue weighted by Gasteiger charge is 2.49. The smallest absolute Gasteiger partial charge is 0.375 e. The highest BCUT2D eigenvalue weighted by atomic mass is 19.4. The van der Waals surface area contributed by atoms with Crippen molar-refractivity contribution in [2.75, 3.05) is 20.3 Å². The number of methoxy groups -OCH3 is 1. The van der Waals surface area contributed by atoms with Crippen molar-refractivity contribution in [3.63, 3.8) is 0 Å². The van der Waals surface area contributed by atoms with E-state index in [-0.39, 0.29) is 25.6 Å². The molecule has 7 heteroatoms. The first-order valence-electron chi connectivity index (χ1n) is 5.48. The lowest BCUT2D eigenvalue weighted by molar-refractivity contribution is -0.193. The Hall–Kier alpha value is -0.820. The molecule has 1 fully saturated rings. The number of amides is 1. The van der Waals surface area contributed by atoms with E-state index >= 15 is 0 Å². The molecule has 17 heavy (non-hydrogen) atoms. The number of alkyl halides is 3. The van der Waals surface area contributed by atoms with Crippen LogP contribution in [0.25, 0.3) is 0 Å². The predicted octanol–water partition coefficient (Wildman–Crippen LogP) is 0.903. The molecule has 1 aliphatic carbocycles. The van der Waals surface area contributed by atoms with Gasteiger partial charge >= 0.3 is 6.18 Å². The Morgan fingerprint density at radius 1 is 1.53 bits per heavy atom. The molecule has 0 aromatic heterocycles. The topological polar surface area (TPSA) is 55.6 Å². The van der Waals surface area contributed by atoms with Gasteiger partial charge in [-0.25, -0.2) is 0 Å². The van der Waals surface area contributed by atoms with E-state index in [9.17, 15) is 18.0 Å². The highest BCUT2D eigenvalue weighted by Crippen LogP contribution is 2.36. The van der Waals surface area contributed by atoms with Gasteiger partial charge < -0.3 is 15.4 Å². The molecule has 0 aromatic carbocycles. The lowest BCUT2D eigenvalue weighted by Crippen LogP contribution is -2.52. The van der Waals surface area contributed by atoms with Gasteiger partial charge in [0.05, 0.1) is 0 Å². The molecule has 0 spiro atoms. The molecule has 1 unspecified atom stereocenters. The fourth-order valence-corrected chi connectivity index (χ4v) is 1.80. The Morgan fingerprint density at radius 2 is 2.12 bits per heavy atom. The number of hydrogen-bond acceptors (Lipinski definition) is 3. The van der Waals surface area contributed by atoms with E-state index in [0.717, 1.165) is 4.90 Å². The second-order valence-corrected chi connectivity index (χ2v) is 4.10. The van der Waals surface area contributed by atoms with Crippen LogP contribution in [-0.4, -0.2) is 49.3 Å². The van der Waals surface area contributed by atoms with Gasteiger partial charge in [-0.3, -0.25) is 4.79 Å². The maximum absolute atomic E-state index is 12.9. The zero-order valence-corrected chi connectivity index (χ0v) is 9.67. The van der Waals surface area contributed by atoms with Crippen LogP contribution in [0.5, 0.6) is 0 Å². The summed E-state index contributed by atoms with van der Waals surface area (Å²) >= 11 is 0. The van der Waals surface area contributed by atoms with E-state index in [1.165, 1.54) is 7.11 Å². The Labute approximate surface area is 97.9 Å². The van der Waals surface area contributed by atoms with Crippen molar-refractivity contribution in [1.82, 2.24) is 4.90 Å². The lowest BCUT2D eigenvalue weighted by atomic mass is 10.1. The summed E-state index contributed by atoms with van der Waals surface area (Å²) in [5, 5.41) is 0. The van der Waals surface area contributed by atoms with Crippen molar-refractivity contribution < 1.29 is 22.7 Å². The van der Waals surface area contributed by atoms with E-state index in [0.29, 0.717) is 12.8 Å². The molecule has 0 bridgehead atoms. The fourth-order valence-electron chi connectivity index (χ4n) is 1.80. The second-order valence-electron chi connectivity index (χ2n) is 4.10. The minimum atomic E-state index is -4.44. The maximum Gasteiger partial charge on any atom is 0.408 e. The third-order valence-electron chi connectivity index (χ3n) is 2.65. The van der Waals surface area contributed by atoms with E-state index < -0.39 is 18.1 Å². The van der Waals surface area contributed by atoms with Crippen molar-refractivity contribution in [1.29, 1.82) is 0 Å². The average molecular weight is 254 g/mol. The molecule has 0 heterocycles. The third kappa shape index (κ3) is 3.85. The summed E-state index contributed by atoms with van der Waals surface area (Å²) in [6.45, 7) is -0.429. The first-order chi connectivity index (χ1) is 7.91. The summed E-state index contributed by atoms with van der Waals surface area (Å²) in [6.07, 6.45) is -3.47. The first-order valence-corrected chi connectivity index (χ1v) is 5.48. The number of nitrogens with zero attached hydrogens (tertiary/aromatic N) is 1. The number of hydrogen-bond donors (Lipinski definition) is 1. The zero-order valence-electron chi connectivity index (χ0n) is 9.67. The molecule has 0 radical (unpaired) electrons. The van der Waals surface area contributed by atoms with Crippen LogP contribution in [0.15, 0.2) is 0 Å². The summed E-state index contributed by atoms with van der Waals surface area (Å²) in [5.41, 5.74) is 5.19.